The highest BCUT2D eigenvalue weighted by atomic mass is 16.1. The van der Waals surface area contributed by atoms with Gasteiger partial charge >= 0.3 is 0 Å². The predicted molar refractivity (Wildman–Crippen MR) is 77.7 cm³/mol. The monoisotopic (exact) mass is 272 g/mol. The van der Waals surface area contributed by atoms with Crippen molar-refractivity contribution in [2.24, 2.45) is 5.92 Å². The average molecular weight is 272 g/mol. The Labute approximate surface area is 118 Å². The smallest absolute Gasteiger partial charge is 0.255 e. The Hall–Kier alpha value is -1.88. The molecule has 0 spiro atoms. The minimum Gasteiger partial charge on any atom is -0.350 e. The Morgan fingerprint density at radius 2 is 2.45 bits per heavy atom. The SMILES string of the molecule is CC1CCCNC1CNC(=O)c1cnn2ccccc12. The van der Waals surface area contributed by atoms with Crippen molar-refractivity contribution in [3.8, 4) is 0 Å². The number of nitrogens with zero attached hydrogens (tertiary/aromatic N) is 2. The summed E-state index contributed by atoms with van der Waals surface area (Å²) in [7, 11) is 0. The van der Waals surface area contributed by atoms with Gasteiger partial charge in [-0.1, -0.05) is 13.0 Å². The predicted octanol–water partition coefficient (Wildman–Crippen LogP) is 1.45. The standard InChI is InChI=1S/C15H20N4O/c1-11-5-4-7-16-13(11)10-17-15(20)12-9-18-19-8-3-2-6-14(12)19/h2-3,6,8-9,11,13,16H,4-5,7,10H2,1H3,(H,17,20). The zero-order valence-corrected chi connectivity index (χ0v) is 11.7. The molecule has 5 heteroatoms. The van der Waals surface area contributed by atoms with E-state index in [0.717, 1.165) is 12.1 Å². The number of fused-ring (bicyclic) bond motifs is 1. The molecule has 0 aromatic carbocycles. The Morgan fingerprint density at radius 3 is 3.30 bits per heavy atom. The van der Waals surface area contributed by atoms with E-state index in [1.807, 2.05) is 24.4 Å². The zero-order chi connectivity index (χ0) is 13.9. The molecule has 3 rings (SSSR count). The summed E-state index contributed by atoms with van der Waals surface area (Å²) in [6, 6.07) is 6.09. The highest BCUT2D eigenvalue weighted by molar-refractivity contribution is 6.00. The van der Waals surface area contributed by atoms with E-state index in [9.17, 15) is 4.79 Å². The number of piperidine rings is 1. The first-order chi connectivity index (χ1) is 9.75. The van der Waals surface area contributed by atoms with Crippen LogP contribution in [0.3, 0.4) is 0 Å². The lowest BCUT2D eigenvalue weighted by Gasteiger charge is -2.30. The van der Waals surface area contributed by atoms with Gasteiger partial charge in [0.1, 0.15) is 0 Å². The van der Waals surface area contributed by atoms with Crippen LogP contribution in [0.15, 0.2) is 30.6 Å². The lowest BCUT2D eigenvalue weighted by Crippen LogP contribution is -2.47. The summed E-state index contributed by atoms with van der Waals surface area (Å²) in [5.41, 5.74) is 1.48. The molecular weight excluding hydrogens is 252 g/mol. The maximum Gasteiger partial charge on any atom is 0.255 e. The summed E-state index contributed by atoms with van der Waals surface area (Å²) in [4.78, 5) is 12.3. The molecule has 0 bridgehead atoms. The van der Waals surface area contributed by atoms with Crippen LogP contribution in [0.2, 0.25) is 0 Å². The molecule has 2 atom stereocenters. The second-order valence-electron chi connectivity index (χ2n) is 5.48. The Kier molecular flexibility index (Phi) is 3.69. The van der Waals surface area contributed by atoms with Crippen molar-refractivity contribution in [3.63, 3.8) is 0 Å². The first-order valence-corrected chi connectivity index (χ1v) is 7.19. The van der Waals surface area contributed by atoms with Gasteiger partial charge in [-0.3, -0.25) is 4.79 Å². The summed E-state index contributed by atoms with van der Waals surface area (Å²) < 4.78 is 1.72. The lowest BCUT2D eigenvalue weighted by molar-refractivity contribution is 0.0945. The normalized spacial score (nSPS) is 22.9. The van der Waals surface area contributed by atoms with Crippen molar-refractivity contribution in [1.82, 2.24) is 20.2 Å². The molecular formula is C15H20N4O. The molecule has 1 aliphatic rings. The molecule has 0 saturated carbocycles. The quantitative estimate of drug-likeness (QED) is 0.889. The van der Waals surface area contributed by atoms with E-state index in [0.29, 0.717) is 24.1 Å². The minimum atomic E-state index is -0.0502. The largest absolute Gasteiger partial charge is 0.350 e. The van der Waals surface area contributed by atoms with Crippen LogP contribution in [0.25, 0.3) is 5.52 Å². The third kappa shape index (κ3) is 2.54. The van der Waals surface area contributed by atoms with Crippen molar-refractivity contribution >= 4 is 11.4 Å². The molecule has 0 aliphatic carbocycles. The fourth-order valence-electron chi connectivity index (χ4n) is 2.79. The average Bonchev–Trinajstić information content (AvgIpc) is 2.90. The second-order valence-corrected chi connectivity index (χ2v) is 5.48. The maximum atomic E-state index is 12.3. The van der Waals surface area contributed by atoms with Crippen LogP contribution >= 0.6 is 0 Å². The van der Waals surface area contributed by atoms with E-state index < -0.39 is 0 Å². The molecule has 1 saturated heterocycles. The highest BCUT2D eigenvalue weighted by Gasteiger charge is 2.21. The zero-order valence-electron chi connectivity index (χ0n) is 11.7. The van der Waals surface area contributed by atoms with Gasteiger partial charge in [0.15, 0.2) is 0 Å². The summed E-state index contributed by atoms with van der Waals surface area (Å²) in [5, 5.41) is 10.7. The number of aromatic nitrogens is 2. The van der Waals surface area contributed by atoms with Gasteiger partial charge in [-0.15, -0.1) is 0 Å². The van der Waals surface area contributed by atoms with E-state index >= 15 is 0 Å². The van der Waals surface area contributed by atoms with Gasteiger partial charge in [0.2, 0.25) is 0 Å². The van der Waals surface area contributed by atoms with Crippen LogP contribution in [0.4, 0.5) is 0 Å². The minimum absolute atomic E-state index is 0.0502. The molecule has 1 fully saturated rings. The topological polar surface area (TPSA) is 58.4 Å². The number of nitrogens with one attached hydrogen (secondary N) is 2. The third-order valence-corrected chi connectivity index (χ3v) is 4.08. The van der Waals surface area contributed by atoms with Crippen molar-refractivity contribution < 1.29 is 4.79 Å². The second kappa shape index (κ2) is 5.63. The van der Waals surface area contributed by atoms with Gasteiger partial charge in [-0.05, 0) is 37.4 Å². The number of hydrogen-bond acceptors (Lipinski definition) is 3. The number of rotatable bonds is 3. The molecule has 0 radical (unpaired) electrons. The van der Waals surface area contributed by atoms with Gasteiger partial charge in [0.05, 0.1) is 17.3 Å². The molecule has 20 heavy (non-hydrogen) atoms. The van der Waals surface area contributed by atoms with Crippen molar-refractivity contribution in [1.29, 1.82) is 0 Å². The van der Waals surface area contributed by atoms with E-state index in [1.165, 1.54) is 12.8 Å². The molecule has 2 aromatic heterocycles. The number of carbonyl (C=O) groups excluding carboxylic acids is 1. The van der Waals surface area contributed by atoms with Crippen LogP contribution in [0.1, 0.15) is 30.1 Å². The molecule has 2 unspecified atom stereocenters. The van der Waals surface area contributed by atoms with Crippen LogP contribution in [0.5, 0.6) is 0 Å². The van der Waals surface area contributed by atoms with Gasteiger partial charge in [0, 0.05) is 18.8 Å². The molecule has 5 nitrogen and oxygen atoms in total. The molecule has 1 aliphatic heterocycles. The Bertz CT molecular complexity index is 607. The van der Waals surface area contributed by atoms with Crippen LogP contribution in [0, 0.1) is 5.92 Å². The lowest BCUT2D eigenvalue weighted by atomic mass is 9.93. The van der Waals surface area contributed by atoms with Crippen LogP contribution in [-0.2, 0) is 0 Å². The number of amides is 1. The highest BCUT2D eigenvalue weighted by Crippen LogP contribution is 2.15. The summed E-state index contributed by atoms with van der Waals surface area (Å²) in [6.45, 7) is 3.95. The molecule has 1 amide bonds. The van der Waals surface area contributed by atoms with Gasteiger partial charge in [-0.25, -0.2) is 4.52 Å². The van der Waals surface area contributed by atoms with E-state index in [4.69, 9.17) is 0 Å². The molecule has 106 valence electrons. The summed E-state index contributed by atoms with van der Waals surface area (Å²) >= 11 is 0. The number of pyridine rings is 1. The van der Waals surface area contributed by atoms with Crippen LogP contribution < -0.4 is 10.6 Å². The molecule has 2 aromatic rings. The molecule has 3 heterocycles. The van der Waals surface area contributed by atoms with Crippen molar-refractivity contribution in [3.05, 3.63) is 36.2 Å². The third-order valence-electron chi connectivity index (χ3n) is 4.08. The van der Waals surface area contributed by atoms with Gasteiger partial charge < -0.3 is 10.6 Å². The first-order valence-electron chi connectivity index (χ1n) is 7.19. The van der Waals surface area contributed by atoms with Gasteiger partial charge in [0.25, 0.3) is 5.91 Å². The van der Waals surface area contributed by atoms with E-state index in [2.05, 4.69) is 22.7 Å². The summed E-state index contributed by atoms with van der Waals surface area (Å²) in [6.07, 6.45) is 5.92. The maximum absolute atomic E-state index is 12.3. The van der Waals surface area contributed by atoms with Crippen molar-refractivity contribution in [2.45, 2.75) is 25.8 Å². The molecule has 2 N–H and O–H groups in total. The Morgan fingerprint density at radius 1 is 1.55 bits per heavy atom. The van der Waals surface area contributed by atoms with Gasteiger partial charge in [-0.2, -0.15) is 5.10 Å². The Balaban J connectivity index is 1.67. The van der Waals surface area contributed by atoms with Crippen molar-refractivity contribution in [2.75, 3.05) is 13.1 Å². The van der Waals surface area contributed by atoms with Crippen LogP contribution in [-0.4, -0.2) is 34.7 Å². The van der Waals surface area contributed by atoms with E-state index in [1.54, 1.807) is 10.7 Å². The first kappa shape index (κ1) is 13.1. The number of hydrogen-bond donors (Lipinski definition) is 2. The fraction of sp³-hybridized carbons (Fsp3) is 0.467. The summed E-state index contributed by atoms with van der Waals surface area (Å²) in [5.74, 6) is 0.554. The van der Waals surface area contributed by atoms with E-state index in [-0.39, 0.29) is 5.91 Å². The number of carbonyl (C=O) groups is 1. The fourth-order valence-corrected chi connectivity index (χ4v) is 2.79.